The first-order valence-electron chi connectivity index (χ1n) is 6.74. The van der Waals surface area contributed by atoms with Crippen molar-refractivity contribution in [3.63, 3.8) is 0 Å². The number of hydrogen-bond donors (Lipinski definition) is 1. The lowest BCUT2D eigenvalue weighted by Crippen LogP contribution is -2.41. The lowest BCUT2D eigenvalue weighted by atomic mass is 9.72. The van der Waals surface area contributed by atoms with E-state index in [4.69, 9.17) is 5.73 Å². The average Bonchev–Trinajstić information content (AvgIpc) is 2.94. The van der Waals surface area contributed by atoms with Crippen LogP contribution in [0.1, 0.15) is 46.7 Å². The minimum Gasteiger partial charge on any atom is -0.317 e. The van der Waals surface area contributed by atoms with E-state index in [2.05, 4.69) is 11.9 Å². The molecule has 112 valence electrons. The van der Waals surface area contributed by atoms with Crippen LogP contribution in [-0.4, -0.2) is 4.98 Å². The molecule has 2 unspecified atom stereocenters. The fourth-order valence-electron chi connectivity index (χ4n) is 2.93. The highest BCUT2D eigenvalue weighted by Crippen LogP contribution is 2.46. The normalized spacial score (nSPS) is 25.7. The number of fused-ring (bicyclic) bond motifs is 1. The molecule has 2 atom stereocenters. The molecular formula is C15H15F3N2S. The van der Waals surface area contributed by atoms with E-state index < -0.39 is 16.7 Å². The van der Waals surface area contributed by atoms with E-state index in [0.29, 0.717) is 28.6 Å². The maximum atomic E-state index is 12.8. The van der Waals surface area contributed by atoms with E-state index >= 15 is 0 Å². The Balaban J connectivity index is 2.10. The number of nitrogens with two attached hydrogens (primary N) is 1. The molecule has 1 aromatic heterocycles. The van der Waals surface area contributed by atoms with Crippen molar-refractivity contribution in [3.05, 3.63) is 51.5 Å². The summed E-state index contributed by atoms with van der Waals surface area (Å²) in [5.41, 5.74) is 7.68. The third-order valence-electron chi connectivity index (χ3n) is 4.13. The third kappa shape index (κ3) is 2.36. The predicted octanol–water partition coefficient (Wildman–Crippen LogP) is 4.26. The molecule has 0 radical (unpaired) electrons. The van der Waals surface area contributed by atoms with E-state index in [1.165, 1.54) is 6.20 Å². The molecule has 1 aliphatic rings. The molecule has 1 aliphatic carbocycles. The first-order chi connectivity index (χ1) is 9.82. The molecule has 0 aliphatic heterocycles. The van der Waals surface area contributed by atoms with Gasteiger partial charge >= 0.3 is 6.18 Å². The number of halogens is 3. The number of alkyl halides is 3. The zero-order valence-corrected chi connectivity index (χ0v) is 12.3. The summed E-state index contributed by atoms with van der Waals surface area (Å²) in [5, 5.41) is -0.835. The highest BCUT2D eigenvalue weighted by molar-refractivity contribution is 7.11. The van der Waals surface area contributed by atoms with Crippen molar-refractivity contribution in [2.24, 2.45) is 5.73 Å². The molecule has 6 heteroatoms. The summed E-state index contributed by atoms with van der Waals surface area (Å²) < 4.78 is 38.3. The van der Waals surface area contributed by atoms with Crippen LogP contribution in [-0.2, 0) is 11.7 Å². The molecule has 0 fully saturated rings. The van der Waals surface area contributed by atoms with Crippen LogP contribution in [0.25, 0.3) is 0 Å². The van der Waals surface area contributed by atoms with Gasteiger partial charge in [0, 0.05) is 11.1 Å². The monoisotopic (exact) mass is 312 g/mol. The van der Waals surface area contributed by atoms with Crippen LogP contribution in [0, 0.1) is 0 Å². The minimum absolute atomic E-state index is 0.368. The number of benzene rings is 1. The second-order valence-electron chi connectivity index (χ2n) is 5.53. The van der Waals surface area contributed by atoms with Gasteiger partial charge in [0.25, 0.3) is 0 Å². The van der Waals surface area contributed by atoms with Gasteiger partial charge in [-0.2, -0.15) is 13.2 Å². The van der Waals surface area contributed by atoms with Crippen LogP contribution < -0.4 is 5.73 Å². The standard InChI is InChI=1S/C15H15F3N2S/c1-9-6-7-14(19,11-5-3-2-4-10(9)11)12-8-20-13(21-12)15(16,17)18/h2-5,8-9H,6-7,19H2,1H3. The molecule has 2 nitrogen and oxygen atoms in total. The van der Waals surface area contributed by atoms with Gasteiger partial charge in [-0.25, -0.2) is 4.98 Å². The second-order valence-corrected chi connectivity index (χ2v) is 6.56. The summed E-state index contributed by atoms with van der Waals surface area (Å²) in [4.78, 5) is 3.99. The van der Waals surface area contributed by atoms with Crippen molar-refractivity contribution in [1.82, 2.24) is 4.98 Å². The van der Waals surface area contributed by atoms with Crippen LogP contribution in [0.3, 0.4) is 0 Å². The Hall–Kier alpha value is -1.40. The second kappa shape index (κ2) is 4.81. The maximum absolute atomic E-state index is 12.8. The van der Waals surface area contributed by atoms with E-state index in [9.17, 15) is 13.2 Å². The van der Waals surface area contributed by atoms with Crippen LogP contribution in [0.5, 0.6) is 0 Å². The Bertz CT molecular complexity index is 665. The first kappa shape index (κ1) is 14.5. The molecular weight excluding hydrogens is 297 g/mol. The smallest absolute Gasteiger partial charge is 0.317 e. The van der Waals surface area contributed by atoms with Crippen molar-refractivity contribution < 1.29 is 13.2 Å². The van der Waals surface area contributed by atoms with Gasteiger partial charge in [-0.3, -0.25) is 0 Å². The number of aromatic nitrogens is 1. The fourth-order valence-corrected chi connectivity index (χ4v) is 3.86. The molecule has 0 saturated heterocycles. The first-order valence-corrected chi connectivity index (χ1v) is 7.56. The van der Waals surface area contributed by atoms with E-state index in [-0.39, 0.29) is 0 Å². The Labute approximate surface area is 124 Å². The summed E-state index contributed by atoms with van der Waals surface area (Å²) in [6, 6.07) is 7.74. The van der Waals surface area contributed by atoms with E-state index in [1.54, 1.807) is 0 Å². The van der Waals surface area contributed by atoms with Crippen LogP contribution in [0.4, 0.5) is 13.2 Å². The molecule has 0 spiro atoms. The predicted molar refractivity (Wildman–Crippen MR) is 76.2 cm³/mol. The summed E-state index contributed by atoms with van der Waals surface area (Å²) in [6.45, 7) is 2.12. The maximum Gasteiger partial charge on any atom is 0.443 e. The molecule has 1 heterocycles. The van der Waals surface area contributed by atoms with Gasteiger partial charge in [0.1, 0.15) is 0 Å². The van der Waals surface area contributed by atoms with E-state index in [0.717, 1.165) is 17.5 Å². The zero-order valence-electron chi connectivity index (χ0n) is 11.4. The van der Waals surface area contributed by atoms with Crippen LogP contribution in [0.15, 0.2) is 30.5 Å². The third-order valence-corrected chi connectivity index (χ3v) is 5.35. The fraction of sp³-hybridized carbons (Fsp3) is 0.400. The van der Waals surface area contributed by atoms with Crippen molar-refractivity contribution in [2.45, 2.75) is 37.4 Å². The van der Waals surface area contributed by atoms with E-state index in [1.807, 2.05) is 24.3 Å². The highest BCUT2D eigenvalue weighted by atomic mass is 32.1. The summed E-state index contributed by atoms with van der Waals surface area (Å²) in [6.07, 6.45) is -1.65. The quantitative estimate of drug-likeness (QED) is 0.854. The number of rotatable bonds is 1. The molecule has 3 rings (SSSR count). The van der Waals surface area contributed by atoms with Gasteiger partial charge in [0.2, 0.25) is 0 Å². The summed E-state index contributed by atoms with van der Waals surface area (Å²) in [7, 11) is 0. The Morgan fingerprint density at radius 3 is 2.71 bits per heavy atom. The molecule has 0 saturated carbocycles. The molecule has 0 amide bonds. The van der Waals surface area contributed by atoms with Crippen molar-refractivity contribution in [3.8, 4) is 0 Å². The van der Waals surface area contributed by atoms with Gasteiger partial charge < -0.3 is 5.73 Å². The van der Waals surface area contributed by atoms with Gasteiger partial charge in [-0.1, -0.05) is 31.2 Å². The lowest BCUT2D eigenvalue weighted by Gasteiger charge is -2.37. The molecule has 21 heavy (non-hydrogen) atoms. The van der Waals surface area contributed by atoms with Crippen LogP contribution >= 0.6 is 11.3 Å². The number of hydrogen-bond acceptors (Lipinski definition) is 3. The topological polar surface area (TPSA) is 38.9 Å². The Morgan fingerprint density at radius 2 is 2.05 bits per heavy atom. The van der Waals surface area contributed by atoms with Gasteiger partial charge in [-0.05, 0) is 29.9 Å². The number of nitrogens with zero attached hydrogens (tertiary/aromatic N) is 1. The average molecular weight is 312 g/mol. The zero-order chi connectivity index (χ0) is 15.3. The summed E-state index contributed by atoms with van der Waals surface area (Å²) in [5.74, 6) is 0.368. The summed E-state index contributed by atoms with van der Waals surface area (Å²) >= 11 is 0.649. The van der Waals surface area contributed by atoms with Crippen molar-refractivity contribution in [1.29, 1.82) is 0 Å². The van der Waals surface area contributed by atoms with Crippen molar-refractivity contribution >= 4 is 11.3 Å². The Morgan fingerprint density at radius 1 is 1.33 bits per heavy atom. The molecule has 2 N–H and O–H groups in total. The lowest BCUT2D eigenvalue weighted by molar-refractivity contribution is -0.137. The minimum atomic E-state index is -4.42. The van der Waals surface area contributed by atoms with Gasteiger partial charge in [0.05, 0.1) is 5.54 Å². The molecule has 1 aromatic carbocycles. The van der Waals surface area contributed by atoms with Gasteiger partial charge in [0.15, 0.2) is 5.01 Å². The number of thiazole rings is 1. The largest absolute Gasteiger partial charge is 0.443 e. The molecule has 0 bridgehead atoms. The van der Waals surface area contributed by atoms with Crippen LogP contribution in [0.2, 0.25) is 0 Å². The SMILES string of the molecule is CC1CCC(N)(c2cnc(C(F)(F)F)s2)c2ccccc21. The molecule has 2 aromatic rings. The van der Waals surface area contributed by atoms with Gasteiger partial charge in [-0.15, -0.1) is 11.3 Å². The Kier molecular flexibility index (Phi) is 3.33. The van der Waals surface area contributed by atoms with Crippen molar-refractivity contribution in [2.75, 3.05) is 0 Å². The highest BCUT2D eigenvalue weighted by Gasteiger charge is 2.41.